The molecule has 0 atom stereocenters. The fraction of sp³-hybridized carbons (Fsp3) is 0.826. The third-order valence-electron chi connectivity index (χ3n) is 6.34. The third kappa shape index (κ3) is 6.83. The normalized spacial score (nSPS) is 17.9. The molecule has 188 valence electrons. The third-order valence-corrected chi connectivity index (χ3v) is 6.97. The molecule has 0 unspecified atom stereocenters. The highest BCUT2D eigenvalue weighted by molar-refractivity contribution is 7.80. The summed E-state index contributed by atoms with van der Waals surface area (Å²) in [6, 6.07) is -0.0229. The van der Waals surface area contributed by atoms with Crippen LogP contribution < -0.4 is 0 Å². The Morgan fingerprint density at radius 3 is 1.39 bits per heavy atom. The molecule has 8 nitrogen and oxygen atoms in total. The lowest BCUT2D eigenvalue weighted by molar-refractivity contribution is 0.0583. The van der Waals surface area contributed by atoms with Gasteiger partial charge in [0.25, 0.3) is 0 Å². The van der Waals surface area contributed by atoms with Crippen LogP contribution in [0.25, 0.3) is 0 Å². The molecular formula is C23H40N4O4S2. The van der Waals surface area contributed by atoms with Gasteiger partial charge < -0.3 is 19.3 Å². The van der Waals surface area contributed by atoms with Gasteiger partial charge in [-0.15, -0.1) is 0 Å². The molecule has 2 saturated heterocycles. The zero-order valence-electron chi connectivity index (χ0n) is 21.0. The number of urea groups is 2. The van der Waals surface area contributed by atoms with Crippen molar-refractivity contribution < 1.29 is 19.1 Å². The molecule has 2 heterocycles. The van der Waals surface area contributed by atoms with Gasteiger partial charge in [0.15, 0.2) is 0 Å². The number of ether oxygens (including phenoxy) is 2. The second-order valence-electron chi connectivity index (χ2n) is 9.75. The van der Waals surface area contributed by atoms with Gasteiger partial charge in [0, 0.05) is 50.6 Å². The van der Waals surface area contributed by atoms with Gasteiger partial charge in [0.2, 0.25) is 0 Å². The van der Waals surface area contributed by atoms with Crippen LogP contribution in [0.2, 0.25) is 0 Å². The molecule has 0 N–H and O–H groups in total. The van der Waals surface area contributed by atoms with E-state index in [0.717, 1.165) is 6.42 Å². The quantitative estimate of drug-likeness (QED) is 0.266. The van der Waals surface area contributed by atoms with Crippen molar-refractivity contribution in [3.05, 3.63) is 0 Å². The van der Waals surface area contributed by atoms with Crippen LogP contribution in [0.1, 0.15) is 60.8 Å². The summed E-state index contributed by atoms with van der Waals surface area (Å²) in [4.78, 5) is 33.4. The van der Waals surface area contributed by atoms with E-state index in [1.54, 1.807) is 19.6 Å². The minimum absolute atomic E-state index is 0.0115. The largest absolute Gasteiger partial charge is 0.381 e. The van der Waals surface area contributed by atoms with Crippen molar-refractivity contribution in [1.82, 2.24) is 19.6 Å². The monoisotopic (exact) mass is 500 g/mol. The summed E-state index contributed by atoms with van der Waals surface area (Å²) in [5.74, 6) is 0. The summed E-state index contributed by atoms with van der Waals surface area (Å²) in [5.41, 5.74) is -0.748. The van der Waals surface area contributed by atoms with Gasteiger partial charge in [0.05, 0.1) is 13.1 Å². The Labute approximate surface area is 209 Å². The lowest BCUT2D eigenvalue weighted by Crippen LogP contribution is -2.48. The van der Waals surface area contributed by atoms with Gasteiger partial charge in [-0.25, -0.2) is 9.59 Å². The molecule has 0 aromatic rings. The van der Waals surface area contributed by atoms with Crippen LogP contribution >= 0.6 is 24.4 Å². The van der Waals surface area contributed by atoms with Crippen molar-refractivity contribution in [1.29, 1.82) is 0 Å². The van der Waals surface area contributed by atoms with E-state index in [2.05, 4.69) is 0 Å². The number of nitrogens with zero attached hydrogens (tertiary/aromatic N) is 4. The zero-order chi connectivity index (χ0) is 24.8. The van der Waals surface area contributed by atoms with E-state index in [4.69, 9.17) is 33.9 Å². The Balaban J connectivity index is 1.61. The Morgan fingerprint density at radius 1 is 0.727 bits per heavy atom. The van der Waals surface area contributed by atoms with Crippen molar-refractivity contribution in [2.45, 2.75) is 71.9 Å². The van der Waals surface area contributed by atoms with Gasteiger partial charge in [-0.2, -0.15) is 0 Å². The van der Waals surface area contributed by atoms with Gasteiger partial charge >= 0.3 is 12.1 Å². The Morgan fingerprint density at radius 2 is 1.09 bits per heavy atom. The molecule has 0 aliphatic carbocycles. The standard InChI is InChI=1S/C23H40N4O4S2/c1-7-24-16-18(32)26(20(24)28)22(3,4)10-14-30-12-9-13-31-15-11-23(5,6)27-19(33)17-25(8-2)21(27)29/h7-17H2,1-6H3. The molecule has 4 amide bonds. The van der Waals surface area contributed by atoms with Crippen LogP contribution in [0.5, 0.6) is 0 Å². The summed E-state index contributed by atoms with van der Waals surface area (Å²) < 4.78 is 11.6. The predicted molar refractivity (Wildman–Crippen MR) is 138 cm³/mol. The lowest BCUT2D eigenvalue weighted by atomic mass is 9.99. The molecule has 0 saturated carbocycles. The van der Waals surface area contributed by atoms with Gasteiger partial charge in [-0.1, -0.05) is 24.4 Å². The molecule has 10 heteroatoms. The molecule has 0 radical (unpaired) electrons. The summed E-state index contributed by atoms with van der Waals surface area (Å²) in [7, 11) is 0. The minimum Gasteiger partial charge on any atom is -0.381 e. The van der Waals surface area contributed by atoms with Crippen molar-refractivity contribution in [3.63, 3.8) is 0 Å². The molecule has 33 heavy (non-hydrogen) atoms. The Bertz CT molecular complexity index is 684. The lowest BCUT2D eigenvalue weighted by Gasteiger charge is -2.35. The number of hydrogen-bond donors (Lipinski definition) is 0. The predicted octanol–water partition coefficient (Wildman–Crippen LogP) is 3.92. The van der Waals surface area contributed by atoms with E-state index < -0.39 is 0 Å². The maximum atomic E-state index is 12.5. The SMILES string of the molecule is CCN1CC(=S)N(C(C)(C)CCOCCCOCCC(C)(C)N2C(=O)N(CC)CC2=S)C1=O. The maximum Gasteiger partial charge on any atom is 0.325 e. The highest BCUT2D eigenvalue weighted by Crippen LogP contribution is 2.27. The molecule has 2 rings (SSSR count). The maximum absolute atomic E-state index is 12.5. The van der Waals surface area contributed by atoms with Crippen molar-refractivity contribution in [2.24, 2.45) is 0 Å². The fourth-order valence-corrected chi connectivity index (χ4v) is 5.08. The van der Waals surface area contributed by atoms with Gasteiger partial charge in [0.1, 0.15) is 9.98 Å². The molecule has 2 fully saturated rings. The highest BCUT2D eigenvalue weighted by atomic mass is 32.1. The Hall–Kier alpha value is -1.36. The van der Waals surface area contributed by atoms with Gasteiger partial charge in [-0.3, -0.25) is 9.80 Å². The first-order chi connectivity index (χ1) is 15.5. The molecule has 0 spiro atoms. The van der Waals surface area contributed by atoms with Crippen molar-refractivity contribution in [2.75, 3.05) is 52.6 Å². The van der Waals surface area contributed by atoms with Crippen LogP contribution in [-0.2, 0) is 9.47 Å². The molecule has 2 aliphatic rings. The summed E-state index contributed by atoms with van der Waals surface area (Å²) in [6.07, 6.45) is 2.21. The summed E-state index contributed by atoms with van der Waals surface area (Å²) in [6.45, 7) is 16.7. The van der Waals surface area contributed by atoms with E-state index in [-0.39, 0.29) is 23.1 Å². The second kappa shape index (κ2) is 11.9. The number of hydrogen-bond acceptors (Lipinski definition) is 6. The number of thiocarbonyl (C=S) groups is 2. The van der Waals surface area contributed by atoms with E-state index in [0.29, 0.717) is 75.4 Å². The number of amides is 4. The molecule has 0 aromatic heterocycles. The fourth-order valence-electron chi connectivity index (χ4n) is 4.12. The van der Waals surface area contributed by atoms with Crippen LogP contribution in [-0.4, -0.2) is 105 Å². The number of carbonyl (C=O) groups excluding carboxylic acids is 2. The van der Waals surface area contributed by atoms with Crippen LogP contribution in [0.15, 0.2) is 0 Å². The van der Waals surface area contributed by atoms with Crippen molar-refractivity contribution in [3.8, 4) is 0 Å². The van der Waals surface area contributed by atoms with Crippen molar-refractivity contribution >= 4 is 46.5 Å². The first kappa shape index (κ1) is 27.9. The van der Waals surface area contributed by atoms with E-state index in [1.807, 2.05) is 41.5 Å². The van der Waals surface area contributed by atoms with Crippen LogP contribution in [0, 0.1) is 0 Å². The molecular weight excluding hydrogens is 460 g/mol. The topological polar surface area (TPSA) is 65.6 Å². The molecule has 2 aliphatic heterocycles. The second-order valence-corrected chi connectivity index (χ2v) is 10.7. The van der Waals surface area contributed by atoms with E-state index in [1.165, 1.54) is 0 Å². The van der Waals surface area contributed by atoms with Crippen LogP contribution in [0.4, 0.5) is 9.59 Å². The Kier molecular flexibility index (Phi) is 10.0. The number of likely N-dealkylation sites (N-methyl/N-ethyl adjacent to an activating group) is 2. The first-order valence-electron chi connectivity index (χ1n) is 11.9. The molecule has 0 aromatic carbocycles. The van der Waals surface area contributed by atoms with Crippen LogP contribution in [0.3, 0.4) is 0 Å². The smallest absolute Gasteiger partial charge is 0.325 e. The number of carbonyl (C=O) groups is 2. The summed E-state index contributed by atoms with van der Waals surface area (Å²) >= 11 is 10.9. The van der Waals surface area contributed by atoms with Gasteiger partial charge in [-0.05, 0) is 60.8 Å². The van der Waals surface area contributed by atoms with E-state index in [9.17, 15) is 9.59 Å². The average molecular weight is 501 g/mol. The first-order valence-corrected chi connectivity index (χ1v) is 12.7. The zero-order valence-corrected chi connectivity index (χ0v) is 22.6. The highest BCUT2D eigenvalue weighted by Gasteiger charge is 2.42. The summed E-state index contributed by atoms with van der Waals surface area (Å²) in [5, 5.41) is 0. The minimum atomic E-state index is -0.374. The number of rotatable bonds is 14. The van der Waals surface area contributed by atoms with E-state index >= 15 is 0 Å². The molecule has 0 bridgehead atoms. The average Bonchev–Trinajstić information content (AvgIpc) is 3.20.